The largest absolute Gasteiger partial charge is 0.455 e. The van der Waals surface area contributed by atoms with Crippen LogP contribution in [-0.2, 0) is 0 Å². The summed E-state index contributed by atoms with van der Waals surface area (Å²) in [5.41, 5.74) is 10.6. The van der Waals surface area contributed by atoms with E-state index < -0.39 is 0 Å². The van der Waals surface area contributed by atoms with Gasteiger partial charge in [-0.2, -0.15) is 5.26 Å². The van der Waals surface area contributed by atoms with Crippen LogP contribution in [0, 0.1) is 11.3 Å². The first-order valence-electron chi connectivity index (χ1n) is 22.2. The molecule has 0 bridgehead atoms. The first-order chi connectivity index (χ1) is 33.5. The number of hydrogen-bond acceptors (Lipinski definition) is 5. The van der Waals surface area contributed by atoms with Gasteiger partial charge in [-0.3, -0.25) is 0 Å². The maximum absolute atomic E-state index is 11.3. The highest BCUT2D eigenvalue weighted by molar-refractivity contribution is 6.56. The lowest BCUT2D eigenvalue weighted by Gasteiger charge is -2.22. The molecule has 0 amide bonds. The number of para-hydroxylation sites is 5. The van der Waals surface area contributed by atoms with Gasteiger partial charge in [0.1, 0.15) is 40.8 Å². The average molecular weight is 860 g/mol. The predicted octanol–water partition coefficient (Wildman–Crippen LogP) is 10.9. The quantitative estimate of drug-likeness (QED) is 0.156. The van der Waals surface area contributed by atoms with Gasteiger partial charge in [0, 0.05) is 49.1 Å². The van der Waals surface area contributed by atoms with Crippen LogP contribution in [0.2, 0.25) is 0 Å². The molecule has 0 saturated carbocycles. The monoisotopic (exact) mass is 860 g/mol. The van der Waals surface area contributed by atoms with E-state index in [0.717, 1.165) is 82.3 Å². The average Bonchev–Trinajstić information content (AvgIpc) is 4.06. The number of nitrogens with zero attached hydrogens (tertiary/aromatic N) is 6. The zero-order valence-electron chi connectivity index (χ0n) is 36.2. The highest BCUT2D eigenvalue weighted by atomic mass is 16.3. The van der Waals surface area contributed by atoms with E-state index >= 15 is 0 Å². The molecule has 0 unspecified atom stereocenters. The van der Waals surface area contributed by atoms with Gasteiger partial charge >= 0.3 is 0 Å². The molecule has 6 radical (unpaired) electrons. The molecule has 0 N–H and O–H groups in total. The summed E-state index contributed by atoms with van der Waals surface area (Å²) in [6, 6.07) is 65.5. The Kier molecular flexibility index (Phi) is 8.89. The Hall–Kier alpha value is -8.93. The fourth-order valence-corrected chi connectivity index (χ4v) is 10.1. The fraction of sp³-hybridized carbons (Fsp3) is 0. The molecule has 7 nitrogen and oxygen atoms in total. The minimum atomic E-state index is 0.0853. The van der Waals surface area contributed by atoms with Crippen molar-refractivity contribution in [3.63, 3.8) is 0 Å². The van der Waals surface area contributed by atoms with Gasteiger partial charge in [0.15, 0.2) is 17.5 Å². The van der Waals surface area contributed by atoms with Crippen LogP contribution in [0.4, 0.5) is 0 Å². The summed E-state index contributed by atoms with van der Waals surface area (Å²) >= 11 is 0. The topological polar surface area (TPSA) is 85.5 Å². The van der Waals surface area contributed by atoms with Crippen LogP contribution in [-0.4, -0.2) is 47.6 Å². The summed E-state index contributed by atoms with van der Waals surface area (Å²) in [4.78, 5) is 15.3. The molecule has 4 heterocycles. The van der Waals surface area contributed by atoms with Crippen molar-refractivity contribution in [2.75, 3.05) is 0 Å². The van der Waals surface area contributed by atoms with E-state index in [0.29, 0.717) is 28.5 Å². The molecule has 68 heavy (non-hydrogen) atoms. The van der Waals surface area contributed by atoms with Crippen molar-refractivity contribution in [1.29, 1.82) is 5.26 Å². The van der Waals surface area contributed by atoms with Crippen molar-refractivity contribution in [2.24, 2.45) is 0 Å². The van der Waals surface area contributed by atoms with Crippen molar-refractivity contribution < 1.29 is 4.42 Å². The number of nitriles is 1. The molecular formula is C58H31B3N6O. The minimum absolute atomic E-state index is 0.0853. The molecule has 0 fully saturated rings. The molecule has 0 spiro atoms. The lowest BCUT2D eigenvalue weighted by atomic mass is 9.69. The first kappa shape index (κ1) is 39.4. The Labute approximate surface area is 393 Å². The van der Waals surface area contributed by atoms with E-state index in [1.165, 1.54) is 0 Å². The number of rotatable bonds is 6. The number of furan rings is 1. The summed E-state index contributed by atoms with van der Waals surface area (Å²) in [7, 11) is 21.9. The zero-order valence-corrected chi connectivity index (χ0v) is 36.2. The molecule has 0 aliphatic carbocycles. The highest BCUT2D eigenvalue weighted by Crippen LogP contribution is 2.42. The molecule has 0 aliphatic heterocycles. The third-order valence-electron chi connectivity index (χ3n) is 13.1. The SMILES string of the molecule is [B]c1c([B])c(-n2c3ccccc3c3ccc4c(c5ccccc5n4-c4ccccc4)c32)c(C#N)c([B])c1-c1nc(-c2cccc(-c3ccccc3)c2)nc(-c2cccc3c2oc2ccccc23)n1. The molecular weight excluding hydrogens is 829 g/mol. The van der Waals surface area contributed by atoms with E-state index in [9.17, 15) is 5.26 Å². The smallest absolute Gasteiger partial charge is 0.167 e. The van der Waals surface area contributed by atoms with Crippen LogP contribution in [0.25, 0.3) is 122 Å². The number of fused-ring (bicyclic) bond motifs is 10. The minimum Gasteiger partial charge on any atom is -0.455 e. The normalized spacial score (nSPS) is 11.7. The summed E-state index contributed by atoms with van der Waals surface area (Å²) < 4.78 is 10.8. The van der Waals surface area contributed by atoms with Crippen molar-refractivity contribution in [1.82, 2.24) is 24.1 Å². The van der Waals surface area contributed by atoms with Gasteiger partial charge in [0.05, 0.1) is 38.9 Å². The Balaban J connectivity index is 1.09. The van der Waals surface area contributed by atoms with E-state index in [1.54, 1.807) is 0 Å². The molecule has 10 heteroatoms. The van der Waals surface area contributed by atoms with Gasteiger partial charge in [0.25, 0.3) is 0 Å². The van der Waals surface area contributed by atoms with Crippen LogP contribution in [0.5, 0.6) is 0 Å². The second-order valence-electron chi connectivity index (χ2n) is 16.9. The van der Waals surface area contributed by atoms with Gasteiger partial charge in [-0.25, -0.2) is 15.0 Å². The third-order valence-corrected chi connectivity index (χ3v) is 13.1. The standard InChI is InChI=1S/C58H31B3N6O/c59-50-43(32-62)54(67-44-26-10-7-21-37(44)39-29-30-46-48(53(39)67)41-23-8-11-27-45(41)66(46)36-19-5-2-6-20-36)52(61)51(60)49(50)58-64-56(35-18-13-17-34(31-35)33-15-3-1-4-16-33)63-57(65-58)42-25-14-24-40-38-22-9-12-28-47(38)68-55(40)42/h1-31H. The van der Waals surface area contributed by atoms with Crippen LogP contribution in [0.1, 0.15) is 5.56 Å². The van der Waals surface area contributed by atoms with Gasteiger partial charge < -0.3 is 13.6 Å². The van der Waals surface area contributed by atoms with Crippen LogP contribution in [0.15, 0.2) is 192 Å². The van der Waals surface area contributed by atoms with Crippen LogP contribution >= 0.6 is 0 Å². The van der Waals surface area contributed by atoms with Crippen molar-refractivity contribution in [3.8, 4) is 62.7 Å². The Morgan fingerprint density at radius 2 is 1.07 bits per heavy atom. The van der Waals surface area contributed by atoms with E-state index in [-0.39, 0.29) is 33.3 Å². The van der Waals surface area contributed by atoms with Crippen LogP contribution in [0.3, 0.4) is 0 Å². The number of benzene rings is 9. The van der Waals surface area contributed by atoms with E-state index in [2.05, 4.69) is 69.8 Å². The van der Waals surface area contributed by atoms with Gasteiger partial charge in [-0.1, -0.05) is 156 Å². The van der Waals surface area contributed by atoms with E-state index in [1.807, 2.05) is 133 Å². The molecule has 0 aliphatic rings. The van der Waals surface area contributed by atoms with Gasteiger partial charge in [0.2, 0.25) is 0 Å². The Morgan fingerprint density at radius 3 is 1.87 bits per heavy atom. The zero-order chi connectivity index (χ0) is 45.6. The maximum Gasteiger partial charge on any atom is 0.167 e. The summed E-state index contributed by atoms with van der Waals surface area (Å²) in [5, 5.41) is 17.2. The fourth-order valence-electron chi connectivity index (χ4n) is 10.1. The number of hydrogen-bond donors (Lipinski definition) is 0. The van der Waals surface area contributed by atoms with Crippen LogP contribution < -0.4 is 16.4 Å². The molecule has 0 saturated heterocycles. The lowest BCUT2D eigenvalue weighted by Crippen LogP contribution is -2.39. The maximum atomic E-state index is 11.3. The van der Waals surface area contributed by atoms with Gasteiger partial charge in [-0.15, -0.1) is 0 Å². The van der Waals surface area contributed by atoms with Crippen molar-refractivity contribution in [3.05, 3.63) is 194 Å². The Morgan fingerprint density at radius 1 is 0.456 bits per heavy atom. The molecule has 9 aromatic carbocycles. The summed E-state index contributed by atoms with van der Waals surface area (Å²) in [6.45, 7) is 0. The summed E-state index contributed by atoms with van der Waals surface area (Å²) in [6.07, 6.45) is 0. The highest BCUT2D eigenvalue weighted by Gasteiger charge is 2.27. The lowest BCUT2D eigenvalue weighted by molar-refractivity contribution is 0.669. The molecule has 13 aromatic rings. The molecule has 308 valence electrons. The second kappa shape index (κ2) is 15.3. The van der Waals surface area contributed by atoms with E-state index in [4.69, 9.17) is 42.9 Å². The van der Waals surface area contributed by atoms with Crippen molar-refractivity contribution in [2.45, 2.75) is 0 Å². The summed E-state index contributed by atoms with van der Waals surface area (Å²) in [5.74, 6) is 0.860. The predicted molar refractivity (Wildman–Crippen MR) is 278 cm³/mol. The Bertz CT molecular complexity index is 4260. The third kappa shape index (κ3) is 5.86. The molecule has 13 rings (SSSR count). The molecule has 0 atom stereocenters. The second-order valence-corrected chi connectivity index (χ2v) is 16.9. The van der Waals surface area contributed by atoms with Crippen molar-refractivity contribution >= 4 is 105 Å². The number of aromatic nitrogens is 5. The van der Waals surface area contributed by atoms with Gasteiger partial charge in [-0.05, 0) is 59.7 Å². The molecule has 4 aromatic heterocycles. The first-order valence-corrected chi connectivity index (χ1v) is 22.2.